The largest absolute Gasteiger partial charge is 0.0622 e. The van der Waals surface area contributed by atoms with Gasteiger partial charge < -0.3 is 0 Å². The van der Waals surface area contributed by atoms with Crippen molar-refractivity contribution < 1.29 is 15.1 Å². The van der Waals surface area contributed by atoms with Gasteiger partial charge in [0.15, 0.2) is 0 Å². The Morgan fingerprint density at radius 1 is 0.250 bits per heavy atom. The number of benzene rings is 6. The monoisotopic (exact) mass is 622 g/mol. The van der Waals surface area contributed by atoms with Crippen LogP contribution in [0.15, 0.2) is 182 Å². The fourth-order valence-electron chi connectivity index (χ4n) is 4.36. The summed E-state index contributed by atoms with van der Waals surface area (Å²) >= 11 is 3.66. The Morgan fingerprint density at radius 3 is 0.500 bits per heavy atom. The van der Waals surface area contributed by atoms with Crippen molar-refractivity contribution in [3.05, 3.63) is 182 Å². The maximum atomic E-state index is 4.20. The molecule has 0 aromatic heterocycles. The smallest absolute Gasteiger partial charge is 0.0134 e. The molecule has 0 aliphatic heterocycles. The molecular formula is C36H30ClCuP2. The molecule has 0 saturated carbocycles. The molecule has 4 heteroatoms. The van der Waals surface area contributed by atoms with Crippen molar-refractivity contribution >= 4 is 57.8 Å². The second-order valence-electron chi connectivity index (χ2n) is 8.68. The molecule has 0 unspecified atom stereocenters. The predicted molar refractivity (Wildman–Crippen MR) is 176 cm³/mol. The number of hydrogen-bond acceptors (Lipinski definition) is 0. The van der Waals surface area contributed by atoms with Crippen molar-refractivity contribution in [1.29, 1.82) is 0 Å². The van der Waals surface area contributed by atoms with Crippen molar-refractivity contribution in [2.24, 2.45) is 0 Å². The third-order valence-electron chi connectivity index (χ3n) is 6.09. The quantitative estimate of drug-likeness (QED) is 0.133. The SMILES string of the molecule is [Cl][Cu].c1ccc(P(c2ccccc2)c2ccccc2)cc1.c1ccc(P(c2ccccc2)c2ccccc2)cc1. The van der Waals surface area contributed by atoms with E-state index in [0.717, 1.165) is 0 Å². The maximum absolute atomic E-state index is 4.20. The van der Waals surface area contributed by atoms with E-state index in [1.54, 1.807) is 0 Å². The Hall–Kier alpha value is -3.01. The molecule has 0 heterocycles. The van der Waals surface area contributed by atoms with Crippen molar-refractivity contribution in [2.45, 2.75) is 0 Å². The van der Waals surface area contributed by atoms with Gasteiger partial charge in [-0.2, -0.15) is 0 Å². The van der Waals surface area contributed by atoms with Crippen LogP contribution in [0.5, 0.6) is 0 Å². The first-order valence-electron chi connectivity index (χ1n) is 12.9. The second-order valence-corrected chi connectivity index (χ2v) is 13.1. The zero-order valence-corrected chi connectivity index (χ0v) is 25.4. The van der Waals surface area contributed by atoms with Crippen LogP contribution in [0.2, 0.25) is 0 Å². The molecule has 0 atom stereocenters. The molecule has 0 saturated heterocycles. The zero-order chi connectivity index (χ0) is 27.8. The maximum Gasteiger partial charge on any atom is -0.0134 e. The Labute approximate surface area is 253 Å². The number of rotatable bonds is 6. The summed E-state index contributed by atoms with van der Waals surface area (Å²) in [5.74, 6) is 0. The fraction of sp³-hybridized carbons (Fsp3) is 0. The molecule has 6 aromatic carbocycles. The molecule has 0 spiro atoms. The van der Waals surface area contributed by atoms with Crippen LogP contribution in [0.25, 0.3) is 0 Å². The van der Waals surface area contributed by atoms with E-state index in [1.165, 1.54) is 31.8 Å². The Bertz CT molecular complexity index is 1180. The number of hydrogen-bond donors (Lipinski definition) is 0. The van der Waals surface area contributed by atoms with Gasteiger partial charge in [-0.05, 0) is 47.7 Å². The fourth-order valence-corrected chi connectivity index (χ4v) is 8.97. The first-order valence-corrected chi connectivity index (χ1v) is 16.9. The Morgan fingerprint density at radius 2 is 0.375 bits per heavy atom. The third-order valence-corrected chi connectivity index (χ3v) is 11.0. The molecule has 40 heavy (non-hydrogen) atoms. The summed E-state index contributed by atoms with van der Waals surface area (Å²) in [5, 5.41) is 8.39. The zero-order valence-electron chi connectivity index (χ0n) is 21.9. The average molecular weight is 624 g/mol. The normalized spacial score (nSPS) is 10.2. The summed E-state index contributed by atoms with van der Waals surface area (Å²) in [4.78, 5) is 0. The van der Waals surface area contributed by atoms with Crippen molar-refractivity contribution in [2.75, 3.05) is 0 Å². The standard InChI is InChI=1S/2C18H15P.ClH.Cu/c2*1-4-10-16(11-5-1)19(17-12-6-2-7-13-17)18-14-8-3-9-15-18;;/h2*1-15H;1H;/q;;;+1/p-1. The van der Waals surface area contributed by atoms with Crippen LogP contribution in [0.4, 0.5) is 0 Å². The summed E-state index contributed by atoms with van der Waals surface area (Å²) in [6.45, 7) is 0. The van der Waals surface area contributed by atoms with Crippen molar-refractivity contribution in [3.63, 3.8) is 0 Å². The van der Waals surface area contributed by atoms with Gasteiger partial charge in [-0.1, -0.05) is 182 Å². The van der Waals surface area contributed by atoms with E-state index in [2.05, 4.69) is 207 Å². The summed E-state index contributed by atoms with van der Waals surface area (Å²) in [5.41, 5.74) is 0. The van der Waals surface area contributed by atoms with Gasteiger partial charge in [-0.25, -0.2) is 0 Å². The van der Waals surface area contributed by atoms with Crippen LogP contribution in [0.1, 0.15) is 0 Å². The Kier molecular flexibility index (Phi) is 12.7. The average Bonchev–Trinajstić information content (AvgIpc) is 3.06. The van der Waals surface area contributed by atoms with Gasteiger partial charge in [-0.3, -0.25) is 0 Å². The van der Waals surface area contributed by atoms with E-state index in [-0.39, 0.29) is 0 Å². The van der Waals surface area contributed by atoms with E-state index in [9.17, 15) is 0 Å². The minimum absolute atomic E-state index is 0.446. The molecular weight excluding hydrogens is 593 g/mol. The van der Waals surface area contributed by atoms with Crippen molar-refractivity contribution in [1.82, 2.24) is 0 Å². The van der Waals surface area contributed by atoms with Crippen LogP contribution in [-0.2, 0) is 15.1 Å². The van der Waals surface area contributed by atoms with Crippen LogP contribution in [0.3, 0.4) is 0 Å². The summed E-state index contributed by atoms with van der Waals surface area (Å²) < 4.78 is 0. The van der Waals surface area contributed by atoms with Gasteiger partial charge in [0.05, 0.1) is 0 Å². The Balaban J connectivity index is 0.000000174. The molecule has 6 rings (SSSR count). The van der Waals surface area contributed by atoms with Crippen molar-refractivity contribution in [3.8, 4) is 0 Å². The molecule has 0 radical (unpaired) electrons. The first-order chi connectivity index (χ1) is 19.9. The van der Waals surface area contributed by atoms with E-state index in [4.69, 9.17) is 0 Å². The van der Waals surface area contributed by atoms with Crippen LogP contribution in [0, 0.1) is 0 Å². The number of halogens is 1. The second kappa shape index (κ2) is 16.9. The third kappa shape index (κ3) is 8.49. The van der Waals surface area contributed by atoms with Gasteiger partial charge in [0.2, 0.25) is 0 Å². The minimum Gasteiger partial charge on any atom is -0.0622 e. The van der Waals surface area contributed by atoms with Gasteiger partial charge in [0, 0.05) is 0 Å². The minimum atomic E-state index is -0.446. The molecule has 202 valence electrons. The van der Waals surface area contributed by atoms with Crippen LogP contribution < -0.4 is 31.8 Å². The molecule has 0 N–H and O–H groups in total. The van der Waals surface area contributed by atoms with Gasteiger partial charge >= 0.3 is 25.2 Å². The van der Waals surface area contributed by atoms with E-state index in [0.29, 0.717) is 0 Å². The molecule has 0 bridgehead atoms. The molecule has 0 aliphatic rings. The summed E-state index contributed by atoms with van der Waals surface area (Å²) in [6, 6.07) is 64.7. The van der Waals surface area contributed by atoms with Crippen LogP contribution >= 0.6 is 25.9 Å². The first kappa shape index (κ1) is 30.0. The van der Waals surface area contributed by atoms with E-state index < -0.39 is 15.8 Å². The van der Waals surface area contributed by atoms with Gasteiger partial charge in [0.25, 0.3) is 0 Å². The molecule has 0 aliphatic carbocycles. The topological polar surface area (TPSA) is 0 Å². The predicted octanol–water partition coefficient (Wildman–Crippen LogP) is 7.58. The summed E-state index contributed by atoms with van der Waals surface area (Å²) in [7, 11) is 3.31. The molecule has 0 nitrogen and oxygen atoms in total. The van der Waals surface area contributed by atoms with E-state index in [1.807, 2.05) is 0 Å². The molecule has 6 aromatic rings. The molecule has 0 amide bonds. The van der Waals surface area contributed by atoms with Gasteiger partial charge in [-0.15, -0.1) is 0 Å². The molecule has 0 fully saturated rings. The van der Waals surface area contributed by atoms with E-state index >= 15 is 0 Å². The van der Waals surface area contributed by atoms with Crippen LogP contribution in [-0.4, -0.2) is 0 Å². The summed E-state index contributed by atoms with van der Waals surface area (Å²) in [6.07, 6.45) is 0. The van der Waals surface area contributed by atoms with Gasteiger partial charge in [0.1, 0.15) is 0 Å².